The monoisotopic (exact) mass is 394 g/mol. The van der Waals surface area contributed by atoms with Gasteiger partial charge in [-0.2, -0.15) is 0 Å². The van der Waals surface area contributed by atoms with Gasteiger partial charge in [0.2, 0.25) is 0 Å². The van der Waals surface area contributed by atoms with E-state index in [1.54, 1.807) is 50.2 Å². The number of halogens is 1. The van der Waals surface area contributed by atoms with Crippen LogP contribution >= 0.6 is 0 Å². The first-order chi connectivity index (χ1) is 14.0. The number of rotatable bonds is 3. The third kappa shape index (κ3) is 2.77. The Balaban J connectivity index is 2.25. The zero-order valence-corrected chi connectivity index (χ0v) is 16.2. The number of carbonyl (C=O) groups is 1. The van der Waals surface area contributed by atoms with Gasteiger partial charge in [-0.15, -0.1) is 0 Å². The number of aromatic amines is 1. The maximum atomic E-state index is 15.2. The highest BCUT2D eigenvalue weighted by molar-refractivity contribution is 6.15. The fourth-order valence-electron chi connectivity index (χ4n) is 3.67. The number of nitrogens with zero attached hydrogens (tertiary/aromatic N) is 1. The average Bonchev–Trinajstić information content (AvgIpc) is 3.04. The number of hydrogen-bond acceptors (Lipinski definition) is 4. The third-order valence-electron chi connectivity index (χ3n) is 4.97. The first-order valence-corrected chi connectivity index (χ1v) is 9.15. The molecule has 0 aliphatic carbocycles. The van der Waals surface area contributed by atoms with Crippen LogP contribution in [-0.4, -0.2) is 29.4 Å². The molecule has 2 aromatic carbocycles. The van der Waals surface area contributed by atoms with Crippen LogP contribution in [0.5, 0.6) is 5.75 Å². The Morgan fingerprint density at radius 2 is 1.93 bits per heavy atom. The molecule has 0 amide bonds. The molecule has 7 heteroatoms. The molecule has 0 unspecified atom stereocenters. The van der Waals surface area contributed by atoms with Crippen LogP contribution in [0.1, 0.15) is 12.5 Å². The van der Waals surface area contributed by atoms with Crippen molar-refractivity contribution in [1.82, 2.24) is 9.55 Å². The smallest absolute Gasteiger partial charge is 0.419 e. The van der Waals surface area contributed by atoms with Crippen LogP contribution in [0.4, 0.5) is 9.18 Å². The fourth-order valence-corrected chi connectivity index (χ4v) is 3.67. The summed E-state index contributed by atoms with van der Waals surface area (Å²) in [5.74, 6) is -0.556. The number of pyridine rings is 1. The van der Waals surface area contributed by atoms with E-state index in [4.69, 9.17) is 9.47 Å². The number of benzene rings is 2. The highest BCUT2D eigenvalue weighted by Crippen LogP contribution is 2.38. The van der Waals surface area contributed by atoms with E-state index in [2.05, 4.69) is 4.98 Å². The predicted octanol–water partition coefficient (Wildman–Crippen LogP) is 4.61. The van der Waals surface area contributed by atoms with Gasteiger partial charge in [0.1, 0.15) is 0 Å². The van der Waals surface area contributed by atoms with Crippen molar-refractivity contribution in [2.24, 2.45) is 0 Å². The molecule has 148 valence electrons. The zero-order chi connectivity index (χ0) is 20.7. The van der Waals surface area contributed by atoms with Crippen molar-refractivity contribution in [3.8, 4) is 16.9 Å². The van der Waals surface area contributed by atoms with Crippen LogP contribution in [0.2, 0.25) is 0 Å². The largest absolute Gasteiger partial charge is 0.494 e. The second kappa shape index (κ2) is 7.09. The van der Waals surface area contributed by atoms with Crippen LogP contribution in [0.25, 0.3) is 33.1 Å². The third-order valence-corrected chi connectivity index (χ3v) is 4.97. The van der Waals surface area contributed by atoms with Crippen LogP contribution in [-0.2, 0) is 4.74 Å². The molecule has 6 nitrogen and oxygen atoms in total. The Labute approximate surface area is 165 Å². The van der Waals surface area contributed by atoms with E-state index in [-0.39, 0.29) is 29.0 Å². The van der Waals surface area contributed by atoms with Crippen molar-refractivity contribution in [1.29, 1.82) is 0 Å². The molecule has 2 aromatic heterocycles. The van der Waals surface area contributed by atoms with Crippen molar-refractivity contribution < 1.29 is 18.7 Å². The van der Waals surface area contributed by atoms with Crippen molar-refractivity contribution in [3.63, 3.8) is 0 Å². The van der Waals surface area contributed by atoms with E-state index in [1.807, 2.05) is 0 Å². The van der Waals surface area contributed by atoms with Crippen LogP contribution in [0.15, 0.2) is 47.3 Å². The van der Waals surface area contributed by atoms with E-state index in [1.165, 1.54) is 17.7 Å². The molecular weight excluding hydrogens is 375 g/mol. The average molecular weight is 394 g/mol. The van der Waals surface area contributed by atoms with Crippen molar-refractivity contribution in [2.75, 3.05) is 13.7 Å². The van der Waals surface area contributed by atoms with Gasteiger partial charge in [-0.25, -0.2) is 13.8 Å². The van der Waals surface area contributed by atoms with E-state index in [0.29, 0.717) is 27.5 Å². The standard InChI is InChI=1S/C22H19FN2O4/c1-4-29-22(27)25-15-10-6-5-8-13(15)19-20(25)17(12(2)21(26)24-19)14-9-7-11-16(28-3)18(14)23/h5-11H,4H2,1-3H3,(H,24,26). The Hall–Kier alpha value is -3.61. The number of ether oxygens (including phenoxy) is 2. The van der Waals surface area contributed by atoms with Crippen LogP contribution in [0.3, 0.4) is 0 Å². The van der Waals surface area contributed by atoms with Crippen LogP contribution in [0, 0.1) is 12.7 Å². The highest BCUT2D eigenvalue weighted by Gasteiger charge is 2.25. The summed E-state index contributed by atoms with van der Waals surface area (Å²) >= 11 is 0. The number of methoxy groups -OCH3 is 1. The van der Waals surface area contributed by atoms with Crippen molar-refractivity contribution in [2.45, 2.75) is 13.8 Å². The summed E-state index contributed by atoms with van der Waals surface area (Å²) in [6.45, 7) is 3.49. The molecule has 29 heavy (non-hydrogen) atoms. The zero-order valence-electron chi connectivity index (χ0n) is 16.2. The normalized spacial score (nSPS) is 11.2. The molecule has 4 aromatic rings. The Bertz CT molecular complexity index is 1320. The maximum absolute atomic E-state index is 15.2. The molecule has 0 aliphatic heterocycles. The second-order valence-electron chi connectivity index (χ2n) is 6.55. The van der Waals surface area contributed by atoms with Gasteiger partial charge >= 0.3 is 6.09 Å². The first kappa shape index (κ1) is 18.7. The lowest BCUT2D eigenvalue weighted by Crippen LogP contribution is -2.17. The number of carbonyl (C=O) groups excluding carboxylic acids is 1. The molecule has 4 rings (SSSR count). The van der Waals surface area contributed by atoms with Gasteiger partial charge < -0.3 is 14.5 Å². The molecule has 0 saturated carbocycles. The SMILES string of the molecule is CCOC(=O)n1c2ccccc2c2[nH]c(=O)c(C)c(-c3cccc(OC)c3F)c21. The quantitative estimate of drug-likeness (QED) is 0.551. The van der Waals surface area contributed by atoms with Crippen molar-refractivity contribution in [3.05, 3.63) is 64.2 Å². The predicted molar refractivity (Wildman–Crippen MR) is 109 cm³/mol. The fraction of sp³-hybridized carbons (Fsp3) is 0.182. The van der Waals surface area contributed by atoms with E-state index < -0.39 is 11.9 Å². The Morgan fingerprint density at radius 3 is 2.66 bits per heavy atom. The maximum Gasteiger partial charge on any atom is 0.419 e. The summed E-state index contributed by atoms with van der Waals surface area (Å²) in [5, 5.41) is 0.664. The minimum absolute atomic E-state index is 0.0501. The molecule has 2 heterocycles. The van der Waals surface area contributed by atoms with Crippen LogP contribution < -0.4 is 10.3 Å². The number of aromatic nitrogens is 2. The van der Waals surface area contributed by atoms with Gasteiger partial charge in [0.25, 0.3) is 5.56 Å². The summed E-state index contributed by atoms with van der Waals surface area (Å²) in [6.07, 6.45) is -0.602. The topological polar surface area (TPSA) is 73.3 Å². The minimum atomic E-state index is -0.606. The molecule has 0 spiro atoms. The van der Waals surface area contributed by atoms with Gasteiger partial charge in [0.15, 0.2) is 11.6 Å². The number of nitrogens with one attached hydrogen (secondary N) is 1. The number of fused-ring (bicyclic) bond motifs is 3. The molecule has 0 aliphatic rings. The Kier molecular flexibility index (Phi) is 4.58. The summed E-state index contributed by atoms with van der Waals surface area (Å²) < 4.78 is 26.9. The first-order valence-electron chi connectivity index (χ1n) is 9.15. The minimum Gasteiger partial charge on any atom is -0.494 e. The Morgan fingerprint density at radius 1 is 1.17 bits per heavy atom. The molecule has 0 fully saturated rings. The number of para-hydroxylation sites is 1. The van der Waals surface area contributed by atoms with Gasteiger partial charge in [-0.05, 0) is 26.0 Å². The van der Waals surface area contributed by atoms with E-state index >= 15 is 4.39 Å². The summed E-state index contributed by atoms with van der Waals surface area (Å²) in [4.78, 5) is 28.4. The molecule has 0 radical (unpaired) electrons. The summed E-state index contributed by atoms with van der Waals surface area (Å²) in [5.41, 5.74) is 1.82. The molecule has 1 N–H and O–H groups in total. The summed E-state index contributed by atoms with van der Waals surface area (Å²) in [7, 11) is 1.37. The lowest BCUT2D eigenvalue weighted by atomic mass is 9.99. The molecule has 0 atom stereocenters. The van der Waals surface area contributed by atoms with Crippen molar-refractivity contribution >= 4 is 28.0 Å². The number of H-pyrrole nitrogens is 1. The van der Waals surface area contributed by atoms with Gasteiger partial charge in [-0.1, -0.05) is 30.3 Å². The molecule has 0 saturated heterocycles. The molecule has 0 bridgehead atoms. The lowest BCUT2D eigenvalue weighted by Gasteiger charge is -2.13. The van der Waals surface area contributed by atoms with Gasteiger partial charge in [-0.3, -0.25) is 4.79 Å². The highest BCUT2D eigenvalue weighted by atomic mass is 19.1. The lowest BCUT2D eigenvalue weighted by molar-refractivity contribution is 0.156. The van der Waals surface area contributed by atoms with Gasteiger partial charge in [0, 0.05) is 22.1 Å². The number of hydrogen-bond donors (Lipinski definition) is 1. The van der Waals surface area contributed by atoms with E-state index in [0.717, 1.165) is 0 Å². The summed E-state index contributed by atoms with van der Waals surface area (Å²) in [6, 6.07) is 11.8. The molecular formula is C22H19FN2O4. The van der Waals surface area contributed by atoms with E-state index in [9.17, 15) is 9.59 Å². The van der Waals surface area contributed by atoms with Gasteiger partial charge in [0.05, 0.1) is 30.3 Å². The second-order valence-corrected chi connectivity index (χ2v) is 6.55.